The van der Waals surface area contributed by atoms with Crippen LogP contribution >= 0.6 is 0 Å². The maximum Gasteiger partial charge on any atom is 0.328 e. The van der Waals surface area contributed by atoms with Crippen LogP contribution in [0.2, 0.25) is 0 Å². The first-order chi connectivity index (χ1) is 21.0. The van der Waals surface area contributed by atoms with Crippen LogP contribution in [0.1, 0.15) is 84.1 Å². The quantitative estimate of drug-likeness (QED) is 0.120. The van der Waals surface area contributed by atoms with Crippen molar-refractivity contribution in [2.45, 2.75) is 75.1 Å². The molecule has 4 amide bonds. The second-order valence-electron chi connectivity index (χ2n) is 10.5. The van der Waals surface area contributed by atoms with Gasteiger partial charge in [-0.05, 0) is 56.3 Å². The zero-order chi connectivity index (χ0) is 32.3. The highest BCUT2D eigenvalue weighted by molar-refractivity contribution is 7.90. The van der Waals surface area contributed by atoms with Crippen molar-refractivity contribution >= 4 is 27.9 Å². The summed E-state index contributed by atoms with van der Waals surface area (Å²) < 4.78 is 85.5. The Hall–Kier alpha value is -3.72. The molecule has 0 atom stereocenters. The highest BCUT2D eigenvalue weighted by Crippen LogP contribution is 2.24. The molecular formula is C29H37F4N5O5S. The van der Waals surface area contributed by atoms with Gasteiger partial charge in [-0.1, -0.05) is 44.2 Å². The number of hydrogen-bond acceptors (Lipinski definition) is 6. The van der Waals surface area contributed by atoms with Gasteiger partial charge >= 0.3 is 6.03 Å². The molecule has 242 valence electrons. The van der Waals surface area contributed by atoms with Gasteiger partial charge in [0.25, 0.3) is 21.8 Å². The average molecular weight is 644 g/mol. The fourth-order valence-corrected chi connectivity index (χ4v) is 5.75. The Kier molecular flexibility index (Phi) is 12.9. The summed E-state index contributed by atoms with van der Waals surface area (Å²) >= 11 is 0. The molecule has 0 aliphatic heterocycles. The number of carbonyl (C=O) groups excluding carboxylic acids is 3. The molecule has 0 aromatic heterocycles. The van der Waals surface area contributed by atoms with Gasteiger partial charge in [0.15, 0.2) is 23.3 Å². The first-order valence-corrected chi connectivity index (χ1v) is 16.0. The molecule has 44 heavy (non-hydrogen) atoms. The van der Waals surface area contributed by atoms with E-state index in [1.165, 1.54) is 24.3 Å². The van der Waals surface area contributed by atoms with Crippen LogP contribution < -0.4 is 26.4 Å². The van der Waals surface area contributed by atoms with Crippen LogP contribution in [-0.4, -0.2) is 51.9 Å². The molecule has 0 unspecified atom stereocenters. The predicted molar refractivity (Wildman–Crippen MR) is 154 cm³/mol. The molecule has 0 bridgehead atoms. The van der Waals surface area contributed by atoms with Gasteiger partial charge in [0.05, 0.1) is 4.90 Å². The molecule has 10 nitrogen and oxygen atoms in total. The summed E-state index contributed by atoms with van der Waals surface area (Å²) in [6.45, 7) is 0.287. The largest absolute Gasteiger partial charge is 0.352 e. The van der Waals surface area contributed by atoms with Crippen LogP contribution in [-0.2, 0) is 16.4 Å². The lowest BCUT2D eigenvalue weighted by Gasteiger charge is -2.22. The summed E-state index contributed by atoms with van der Waals surface area (Å²) in [6, 6.07) is 4.38. The molecule has 0 heterocycles. The number of amides is 4. The Balaban J connectivity index is 1.55. The summed E-state index contributed by atoms with van der Waals surface area (Å²) in [7, 11) is -4.15. The molecule has 3 rings (SSSR count). The van der Waals surface area contributed by atoms with E-state index in [9.17, 15) is 40.4 Å². The number of halogens is 4. The Morgan fingerprint density at radius 2 is 1.27 bits per heavy atom. The van der Waals surface area contributed by atoms with Crippen LogP contribution in [0.4, 0.5) is 22.4 Å². The van der Waals surface area contributed by atoms with Crippen molar-refractivity contribution in [1.29, 1.82) is 0 Å². The number of carbonyl (C=O) groups is 3. The van der Waals surface area contributed by atoms with E-state index in [0.29, 0.717) is 24.9 Å². The van der Waals surface area contributed by atoms with Gasteiger partial charge in [0.2, 0.25) is 0 Å². The zero-order valence-corrected chi connectivity index (χ0v) is 24.9. The third-order valence-corrected chi connectivity index (χ3v) is 8.58. The average Bonchev–Trinajstić information content (AvgIpc) is 2.98. The molecule has 15 heteroatoms. The van der Waals surface area contributed by atoms with Gasteiger partial charge in [-0.2, -0.15) is 0 Å². The number of rotatable bonds is 14. The van der Waals surface area contributed by atoms with Crippen molar-refractivity contribution in [3.05, 3.63) is 64.2 Å². The fourth-order valence-electron chi connectivity index (χ4n) is 4.83. The smallest absolute Gasteiger partial charge is 0.328 e. The van der Waals surface area contributed by atoms with E-state index >= 15 is 0 Å². The minimum atomic E-state index is -4.15. The summed E-state index contributed by atoms with van der Waals surface area (Å²) in [5.74, 6) is -10.8. The van der Waals surface area contributed by atoms with Gasteiger partial charge in [-0.3, -0.25) is 9.59 Å². The molecule has 1 fully saturated rings. The summed E-state index contributed by atoms with van der Waals surface area (Å²) in [5, 5.41) is 7.02. The minimum absolute atomic E-state index is 0.0208. The highest BCUT2D eigenvalue weighted by Gasteiger charge is 2.32. The van der Waals surface area contributed by atoms with Gasteiger partial charge in [0.1, 0.15) is 11.1 Å². The molecule has 1 aliphatic rings. The lowest BCUT2D eigenvalue weighted by atomic mass is 9.96. The van der Waals surface area contributed by atoms with Crippen molar-refractivity contribution in [2.24, 2.45) is 5.73 Å². The molecule has 1 aliphatic carbocycles. The van der Waals surface area contributed by atoms with E-state index in [-0.39, 0.29) is 30.4 Å². The lowest BCUT2D eigenvalue weighted by molar-refractivity contribution is 0.0922. The fraction of sp³-hybridized carbons (Fsp3) is 0.483. The first-order valence-electron chi connectivity index (χ1n) is 14.5. The number of urea groups is 1. The SMILES string of the molecule is NCCCCCCNC(=O)c1c(F)c(F)c(C(=O)NCCc2ccc(S(=O)(=O)NC(=O)NC3CCCCC3)cc2)c(F)c1F. The number of unbranched alkanes of at least 4 members (excludes halogenated alkanes) is 3. The van der Waals surface area contributed by atoms with Crippen LogP contribution in [0.3, 0.4) is 0 Å². The van der Waals surface area contributed by atoms with Crippen molar-refractivity contribution in [2.75, 3.05) is 19.6 Å². The molecule has 0 spiro atoms. The van der Waals surface area contributed by atoms with E-state index in [1.54, 1.807) is 0 Å². The second-order valence-corrected chi connectivity index (χ2v) is 12.2. The standard InChI is InChI=1S/C29H37F4N5O5S/c30-23-21(27(39)35-16-7-2-1-6-15-34)24(31)26(33)22(25(23)32)28(40)36-17-14-18-10-12-20(13-11-18)44(42,43)38-29(41)37-19-8-4-3-5-9-19/h10-13,19H,1-9,14-17,34H2,(H,35,39)(H,36,40)(H2,37,38,41). The van der Waals surface area contributed by atoms with Crippen molar-refractivity contribution in [3.63, 3.8) is 0 Å². The molecule has 2 aromatic rings. The van der Waals surface area contributed by atoms with Crippen LogP contribution in [0.5, 0.6) is 0 Å². The highest BCUT2D eigenvalue weighted by atomic mass is 32.2. The van der Waals surface area contributed by atoms with Gasteiger partial charge < -0.3 is 21.7 Å². The molecule has 0 saturated heterocycles. The summed E-state index contributed by atoms with van der Waals surface area (Å²) in [4.78, 5) is 36.6. The van der Waals surface area contributed by atoms with E-state index < -0.39 is 62.3 Å². The molecular weight excluding hydrogens is 606 g/mol. The summed E-state index contributed by atoms with van der Waals surface area (Å²) in [6.07, 6.45) is 7.31. The molecule has 2 aromatic carbocycles. The number of nitrogens with one attached hydrogen (secondary N) is 4. The Morgan fingerprint density at radius 1 is 0.750 bits per heavy atom. The Morgan fingerprint density at radius 3 is 1.82 bits per heavy atom. The lowest BCUT2D eigenvalue weighted by Crippen LogP contribution is -2.45. The van der Waals surface area contributed by atoms with Crippen LogP contribution in [0.15, 0.2) is 29.2 Å². The van der Waals surface area contributed by atoms with Gasteiger partial charge in [-0.15, -0.1) is 0 Å². The topological polar surface area (TPSA) is 159 Å². The molecule has 0 radical (unpaired) electrons. The third-order valence-electron chi connectivity index (χ3n) is 7.23. The number of sulfonamides is 1. The van der Waals surface area contributed by atoms with E-state index in [0.717, 1.165) is 44.9 Å². The predicted octanol–water partition coefficient (Wildman–Crippen LogP) is 3.79. The maximum atomic E-state index is 14.6. The number of nitrogens with two attached hydrogens (primary N) is 1. The zero-order valence-electron chi connectivity index (χ0n) is 24.1. The van der Waals surface area contributed by atoms with Gasteiger partial charge in [-0.25, -0.2) is 35.5 Å². The molecule has 1 saturated carbocycles. The maximum absolute atomic E-state index is 14.6. The normalized spacial score (nSPS) is 13.8. The van der Waals surface area contributed by atoms with Crippen molar-refractivity contribution in [3.8, 4) is 0 Å². The van der Waals surface area contributed by atoms with Crippen LogP contribution in [0, 0.1) is 23.3 Å². The Labute approximate surface area is 253 Å². The number of hydrogen-bond donors (Lipinski definition) is 5. The first kappa shape index (κ1) is 34.8. The van der Waals surface area contributed by atoms with Crippen molar-refractivity contribution < 1.29 is 40.4 Å². The third kappa shape index (κ3) is 9.39. The van der Waals surface area contributed by atoms with Crippen LogP contribution in [0.25, 0.3) is 0 Å². The number of benzene rings is 2. The van der Waals surface area contributed by atoms with E-state index in [4.69, 9.17) is 5.73 Å². The monoisotopic (exact) mass is 643 g/mol. The van der Waals surface area contributed by atoms with E-state index in [1.807, 2.05) is 4.72 Å². The molecule has 6 N–H and O–H groups in total. The van der Waals surface area contributed by atoms with E-state index in [2.05, 4.69) is 16.0 Å². The second kappa shape index (κ2) is 16.4. The Bertz CT molecular complexity index is 1410. The summed E-state index contributed by atoms with van der Waals surface area (Å²) in [5.41, 5.74) is 2.91. The van der Waals surface area contributed by atoms with Crippen molar-refractivity contribution in [1.82, 2.24) is 20.7 Å². The van der Waals surface area contributed by atoms with Gasteiger partial charge in [0, 0.05) is 19.1 Å². The minimum Gasteiger partial charge on any atom is -0.352 e.